The van der Waals surface area contributed by atoms with Crippen LogP contribution in [0.15, 0.2) is 72.9 Å². The summed E-state index contributed by atoms with van der Waals surface area (Å²) in [4.78, 5) is 19.9. The zero-order valence-electron chi connectivity index (χ0n) is 19.5. The first-order valence-corrected chi connectivity index (χ1v) is 11.9. The fourth-order valence-corrected chi connectivity index (χ4v) is 4.61. The molecule has 7 heteroatoms. The van der Waals surface area contributed by atoms with Crippen molar-refractivity contribution in [1.82, 2.24) is 15.2 Å². The number of likely N-dealkylation sites (tertiary alicyclic amines) is 1. The average molecular weight is 475 g/mol. The Balaban J connectivity index is 1.39. The Labute approximate surface area is 206 Å². The van der Waals surface area contributed by atoms with E-state index in [1.165, 1.54) is 0 Å². The van der Waals surface area contributed by atoms with Crippen molar-refractivity contribution in [3.63, 3.8) is 0 Å². The normalized spacial score (nSPS) is 14.8. The number of hydrogen-bond acceptors (Lipinski definition) is 4. The summed E-state index contributed by atoms with van der Waals surface area (Å²) < 4.78 is 5.40. The molecule has 3 aromatic rings. The number of carbonyl (C=O) groups is 1. The number of nitrogens with one attached hydrogen (secondary N) is 2. The fraction of sp³-hybridized carbons (Fsp3) is 0.296. The maximum absolute atomic E-state index is 13.3. The van der Waals surface area contributed by atoms with Gasteiger partial charge in [0.05, 0.1) is 24.5 Å². The maximum atomic E-state index is 13.3. The Morgan fingerprint density at radius 3 is 2.47 bits per heavy atom. The number of ether oxygens (including phenoxy) is 1. The summed E-state index contributed by atoms with van der Waals surface area (Å²) in [6, 6.07) is 21.3. The number of carbonyl (C=O) groups excluding carboxylic acids is 1. The fourth-order valence-electron chi connectivity index (χ4n) is 4.32. The molecule has 1 aliphatic heterocycles. The topological polar surface area (TPSA) is 66.5 Å². The Kier molecular flexibility index (Phi) is 7.75. The molecule has 2 N–H and O–H groups in total. The number of rotatable bonds is 6. The number of amides is 1. The molecule has 0 aliphatic carbocycles. The van der Waals surface area contributed by atoms with Gasteiger partial charge in [0.15, 0.2) is 5.11 Å². The summed E-state index contributed by atoms with van der Waals surface area (Å²) in [5.74, 6) is 0.735. The second-order valence-corrected chi connectivity index (χ2v) is 8.83. The lowest BCUT2D eigenvalue weighted by atomic mass is 9.93. The minimum Gasteiger partial charge on any atom is -0.495 e. The van der Waals surface area contributed by atoms with Crippen molar-refractivity contribution < 1.29 is 9.53 Å². The lowest BCUT2D eigenvalue weighted by Crippen LogP contribution is -2.45. The quantitative estimate of drug-likeness (QED) is 0.504. The molecule has 0 saturated carbocycles. The van der Waals surface area contributed by atoms with Crippen molar-refractivity contribution in [3.05, 3.63) is 89.7 Å². The largest absolute Gasteiger partial charge is 0.495 e. The molecular formula is C27H30N4O2S. The maximum Gasteiger partial charge on any atom is 0.224 e. The highest BCUT2D eigenvalue weighted by Gasteiger charge is 2.29. The van der Waals surface area contributed by atoms with Crippen LogP contribution in [0.25, 0.3) is 0 Å². The SMILES string of the molecule is COc1ccccc1NC(=S)N1CCC(C(=O)NC(c2ccccn2)c2ccccc2C)CC1. The summed E-state index contributed by atoms with van der Waals surface area (Å²) in [7, 11) is 1.64. The monoisotopic (exact) mass is 474 g/mol. The van der Waals surface area contributed by atoms with Crippen molar-refractivity contribution in [2.24, 2.45) is 5.92 Å². The van der Waals surface area contributed by atoms with E-state index in [-0.39, 0.29) is 17.9 Å². The molecule has 0 spiro atoms. The first-order valence-electron chi connectivity index (χ1n) is 11.5. The van der Waals surface area contributed by atoms with Gasteiger partial charge < -0.3 is 20.3 Å². The zero-order chi connectivity index (χ0) is 23.9. The number of anilines is 1. The van der Waals surface area contributed by atoms with Gasteiger partial charge in [-0.05, 0) is 67.4 Å². The minimum atomic E-state index is -0.277. The Morgan fingerprint density at radius 1 is 1.06 bits per heavy atom. The lowest BCUT2D eigenvalue weighted by molar-refractivity contribution is -0.126. The van der Waals surface area contributed by atoms with E-state index in [9.17, 15) is 4.79 Å². The van der Waals surface area contributed by atoms with Gasteiger partial charge in [-0.15, -0.1) is 0 Å². The zero-order valence-corrected chi connectivity index (χ0v) is 20.3. The van der Waals surface area contributed by atoms with E-state index in [0.29, 0.717) is 5.11 Å². The number of para-hydroxylation sites is 2. The van der Waals surface area contributed by atoms with Crippen molar-refractivity contribution in [2.75, 3.05) is 25.5 Å². The van der Waals surface area contributed by atoms with Gasteiger partial charge in [0.1, 0.15) is 5.75 Å². The van der Waals surface area contributed by atoms with Crippen molar-refractivity contribution in [2.45, 2.75) is 25.8 Å². The molecule has 1 aromatic heterocycles. The molecule has 0 radical (unpaired) electrons. The third-order valence-electron chi connectivity index (χ3n) is 6.27. The van der Waals surface area contributed by atoms with E-state index in [0.717, 1.165) is 54.2 Å². The standard InChI is InChI=1S/C27H30N4O2S/c1-19-9-3-4-10-21(19)25(23-12-7-8-16-28-23)30-26(32)20-14-17-31(18-15-20)27(34)29-22-11-5-6-13-24(22)33-2/h3-13,16,20,25H,14-15,17-18H2,1-2H3,(H,29,34)(H,30,32). The van der Waals surface area contributed by atoms with E-state index >= 15 is 0 Å². The molecule has 1 fully saturated rings. The first kappa shape index (κ1) is 23.7. The molecule has 2 aromatic carbocycles. The molecule has 4 rings (SSSR count). The van der Waals surface area contributed by atoms with Gasteiger partial charge in [0, 0.05) is 25.2 Å². The van der Waals surface area contributed by atoms with E-state index in [1.54, 1.807) is 13.3 Å². The summed E-state index contributed by atoms with van der Waals surface area (Å²) >= 11 is 5.63. The number of thiocarbonyl (C=S) groups is 1. The minimum absolute atomic E-state index is 0.0576. The molecule has 1 saturated heterocycles. The number of piperidine rings is 1. The van der Waals surface area contributed by atoms with Gasteiger partial charge in [-0.2, -0.15) is 0 Å². The van der Waals surface area contributed by atoms with Crippen LogP contribution in [-0.2, 0) is 4.79 Å². The second kappa shape index (κ2) is 11.1. The number of hydrogen-bond donors (Lipinski definition) is 2. The molecule has 1 unspecified atom stereocenters. The summed E-state index contributed by atoms with van der Waals surface area (Å²) in [5, 5.41) is 7.20. The van der Waals surface area contributed by atoms with Crippen molar-refractivity contribution >= 4 is 28.9 Å². The number of pyridine rings is 1. The summed E-state index contributed by atoms with van der Waals surface area (Å²) in [5.41, 5.74) is 3.87. The van der Waals surface area contributed by atoms with Gasteiger partial charge in [-0.25, -0.2) is 0 Å². The molecule has 0 bridgehead atoms. The third kappa shape index (κ3) is 5.54. The smallest absolute Gasteiger partial charge is 0.224 e. The van der Waals surface area contributed by atoms with Crippen LogP contribution < -0.4 is 15.4 Å². The van der Waals surface area contributed by atoms with Gasteiger partial charge in [-0.1, -0.05) is 42.5 Å². The third-order valence-corrected chi connectivity index (χ3v) is 6.63. The van der Waals surface area contributed by atoms with E-state index in [4.69, 9.17) is 17.0 Å². The van der Waals surface area contributed by atoms with Crippen LogP contribution in [0.5, 0.6) is 5.75 Å². The molecule has 1 amide bonds. The highest BCUT2D eigenvalue weighted by Crippen LogP contribution is 2.27. The molecule has 2 heterocycles. The summed E-state index contributed by atoms with van der Waals surface area (Å²) in [6.45, 7) is 3.50. The van der Waals surface area contributed by atoms with Gasteiger partial charge >= 0.3 is 0 Å². The van der Waals surface area contributed by atoms with Crippen LogP contribution in [0.1, 0.15) is 35.7 Å². The highest BCUT2D eigenvalue weighted by atomic mass is 32.1. The van der Waals surface area contributed by atoms with E-state index in [1.807, 2.05) is 54.6 Å². The van der Waals surface area contributed by atoms with Gasteiger partial charge in [0.2, 0.25) is 5.91 Å². The highest BCUT2D eigenvalue weighted by molar-refractivity contribution is 7.80. The number of benzene rings is 2. The van der Waals surface area contributed by atoms with Crippen molar-refractivity contribution in [1.29, 1.82) is 0 Å². The molecule has 34 heavy (non-hydrogen) atoms. The predicted molar refractivity (Wildman–Crippen MR) is 139 cm³/mol. The van der Waals surface area contributed by atoms with Crippen LogP contribution in [0.3, 0.4) is 0 Å². The summed E-state index contributed by atoms with van der Waals surface area (Å²) in [6.07, 6.45) is 3.24. The molecular weight excluding hydrogens is 444 g/mol. The molecule has 6 nitrogen and oxygen atoms in total. The molecule has 176 valence electrons. The Morgan fingerprint density at radius 2 is 1.76 bits per heavy atom. The number of nitrogens with zero attached hydrogens (tertiary/aromatic N) is 2. The van der Waals surface area contributed by atoms with E-state index in [2.05, 4.69) is 39.6 Å². The van der Waals surface area contributed by atoms with Gasteiger partial charge in [0.25, 0.3) is 0 Å². The number of methoxy groups -OCH3 is 1. The number of aryl methyl sites for hydroxylation is 1. The molecule has 1 atom stereocenters. The van der Waals surface area contributed by atoms with E-state index < -0.39 is 0 Å². The van der Waals surface area contributed by atoms with Crippen LogP contribution in [-0.4, -0.2) is 41.1 Å². The van der Waals surface area contributed by atoms with Crippen molar-refractivity contribution in [3.8, 4) is 5.75 Å². The first-order chi connectivity index (χ1) is 16.6. The predicted octanol–water partition coefficient (Wildman–Crippen LogP) is 4.71. The Bertz CT molecular complexity index is 1130. The van der Waals surface area contributed by atoms with Crippen LogP contribution in [0.2, 0.25) is 0 Å². The van der Waals surface area contributed by atoms with Crippen LogP contribution in [0, 0.1) is 12.8 Å². The lowest BCUT2D eigenvalue weighted by Gasteiger charge is -2.34. The van der Waals surface area contributed by atoms with Gasteiger partial charge in [-0.3, -0.25) is 9.78 Å². The number of aromatic nitrogens is 1. The molecule has 1 aliphatic rings. The van der Waals surface area contributed by atoms with Crippen LogP contribution in [0.4, 0.5) is 5.69 Å². The second-order valence-electron chi connectivity index (χ2n) is 8.44. The Hall–Kier alpha value is -3.45. The van der Waals surface area contributed by atoms with Crippen LogP contribution >= 0.6 is 12.2 Å². The average Bonchev–Trinajstić information content (AvgIpc) is 2.88.